The van der Waals surface area contributed by atoms with E-state index in [-0.39, 0.29) is 18.7 Å². The second-order valence-corrected chi connectivity index (χ2v) is 11.2. The zero-order chi connectivity index (χ0) is 30.2. The van der Waals surface area contributed by atoms with Crippen molar-refractivity contribution < 1.29 is 31.8 Å². The zero-order valence-electron chi connectivity index (χ0n) is 23.3. The summed E-state index contributed by atoms with van der Waals surface area (Å²) in [7, 11) is 0. The maximum absolute atomic E-state index is 13.7. The molecule has 0 bridgehead atoms. The van der Waals surface area contributed by atoms with E-state index in [0.717, 1.165) is 16.6 Å². The summed E-state index contributed by atoms with van der Waals surface area (Å²) in [5.74, 6) is 5.23. The maximum Gasteiger partial charge on any atom is 0.419 e. The molecule has 0 saturated carbocycles. The van der Waals surface area contributed by atoms with Gasteiger partial charge < -0.3 is 14.4 Å². The van der Waals surface area contributed by atoms with Crippen molar-refractivity contribution in [2.45, 2.75) is 72.0 Å². The largest absolute Gasteiger partial charge is 0.489 e. The number of hydrogen-bond acceptors (Lipinski definition) is 4. The molecule has 1 aromatic heterocycles. The number of benzene rings is 2. The van der Waals surface area contributed by atoms with Gasteiger partial charge >= 0.3 is 12.3 Å². The van der Waals surface area contributed by atoms with E-state index in [1.165, 1.54) is 6.07 Å². The molecule has 0 fully saturated rings. The van der Waals surface area contributed by atoms with E-state index in [2.05, 4.69) is 32.9 Å². The van der Waals surface area contributed by atoms with Crippen LogP contribution in [-0.2, 0) is 30.6 Å². The number of halogens is 5. The van der Waals surface area contributed by atoms with Crippen molar-refractivity contribution in [1.29, 1.82) is 0 Å². The summed E-state index contributed by atoms with van der Waals surface area (Å²) >= 11 is 3.36. The fraction of sp³-hybridized carbons (Fsp3) is 0.400. The second kappa shape index (κ2) is 13.9. The molecule has 3 aromatic rings. The first-order valence-corrected chi connectivity index (χ1v) is 13.8. The van der Waals surface area contributed by atoms with E-state index < -0.39 is 29.3 Å². The van der Waals surface area contributed by atoms with Gasteiger partial charge in [0.05, 0.1) is 29.3 Å². The van der Waals surface area contributed by atoms with Crippen LogP contribution in [0.25, 0.3) is 0 Å². The number of hydrogen-bond donors (Lipinski definition) is 0. The molecular weight excluding hydrogens is 606 g/mol. The van der Waals surface area contributed by atoms with Crippen LogP contribution in [-0.4, -0.2) is 32.9 Å². The molecule has 1 heterocycles. The van der Waals surface area contributed by atoms with Crippen LogP contribution < -0.4 is 4.74 Å². The number of alkyl halides is 3. The monoisotopic (exact) mass is 637 g/mol. The number of amides is 1. The van der Waals surface area contributed by atoms with Gasteiger partial charge in [0, 0.05) is 30.3 Å². The zero-order valence-corrected chi connectivity index (χ0v) is 24.9. The fourth-order valence-electron chi connectivity index (χ4n) is 3.79. The molecule has 2 aromatic carbocycles. The molecule has 0 spiro atoms. The number of aromatic nitrogens is 2. The Morgan fingerprint density at radius 3 is 2.54 bits per heavy atom. The number of rotatable bonds is 9. The third kappa shape index (κ3) is 10.1. The minimum Gasteiger partial charge on any atom is -0.489 e. The van der Waals surface area contributed by atoms with Crippen molar-refractivity contribution in [3.05, 3.63) is 81.3 Å². The van der Waals surface area contributed by atoms with Crippen molar-refractivity contribution in [3.8, 4) is 17.6 Å². The predicted molar refractivity (Wildman–Crippen MR) is 151 cm³/mol. The molecule has 0 radical (unpaired) electrons. The maximum atomic E-state index is 13.7. The Morgan fingerprint density at radius 1 is 1.15 bits per heavy atom. The van der Waals surface area contributed by atoms with E-state index in [1.54, 1.807) is 54.7 Å². The van der Waals surface area contributed by atoms with Crippen molar-refractivity contribution >= 4 is 22.0 Å². The highest BCUT2D eigenvalue weighted by molar-refractivity contribution is 9.10. The Morgan fingerprint density at radius 2 is 1.90 bits per heavy atom. The molecule has 6 nitrogen and oxygen atoms in total. The summed E-state index contributed by atoms with van der Waals surface area (Å²) in [4.78, 5) is 14.5. The lowest BCUT2D eigenvalue weighted by Gasteiger charge is -2.28. The molecule has 220 valence electrons. The third-order valence-corrected chi connectivity index (χ3v) is 6.01. The SMILES string of the molecule is CCCN(Cc1cc(C#CCCn2cc(Br)cn2)ccc1OCc1ccc(F)c(C(F)(F)F)c1)C(=O)OC(C)(C)C. The summed E-state index contributed by atoms with van der Waals surface area (Å²) in [6.45, 7) is 8.18. The van der Waals surface area contributed by atoms with Gasteiger partial charge in [0.25, 0.3) is 0 Å². The first-order valence-electron chi connectivity index (χ1n) is 13.0. The molecular formula is C30H32BrF4N3O3. The Labute approximate surface area is 245 Å². The van der Waals surface area contributed by atoms with Crippen molar-refractivity contribution in [3.63, 3.8) is 0 Å². The van der Waals surface area contributed by atoms with Gasteiger partial charge in [-0.2, -0.15) is 18.3 Å². The molecule has 1 amide bonds. The van der Waals surface area contributed by atoms with Gasteiger partial charge in [-0.3, -0.25) is 4.68 Å². The van der Waals surface area contributed by atoms with Crippen LogP contribution in [0.5, 0.6) is 5.75 Å². The molecule has 0 unspecified atom stereocenters. The van der Waals surface area contributed by atoms with Crippen LogP contribution >= 0.6 is 15.9 Å². The average Bonchev–Trinajstić information content (AvgIpc) is 3.29. The van der Waals surface area contributed by atoms with E-state index in [9.17, 15) is 22.4 Å². The molecule has 0 aliphatic carbocycles. The van der Waals surface area contributed by atoms with Crippen molar-refractivity contribution in [2.75, 3.05) is 6.54 Å². The number of aryl methyl sites for hydroxylation is 1. The molecule has 0 saturated heterocycles. The number of nitrogens with zero attached hydrogens (tertiary/aromatic N) is 3. The van der Waals surface area contributed by atoms with E-state index in [1.807, 2.05) is 13.1 Å². The Balaban J connectivity index is 1.86. The van der Waals surface area contributed by atoms with E-state index in [4.69, 9.17) is 9.47 Å². The summed E-state index contributed by atoms with van der Waals surface area (Å²) in [5.41, 5.74) is -0.623. The van der Waals surface area contributed by atoms with Gasteiger partial charge in [-0.1, -0.05) is 24.8 Å². The van der Waals surface area contributed by atoms with Crippen LogP contribution in [0.3, 0.4) is 0 Å². The molecule has 11 heteroatoms. The summed E-state index contributed by atoms with van der Waals surface area (Å²) < 4.78 is 67.4. The second-order valence-electron chi connectivity index (χ2n) is 10.3. The number of carbonyl (C=O) groups excluding carboxylic acids is 1. The lowest BCUT2D eigenvalue weighted by atomic mass is 10.1. The first-order chi connectivity index (χ1) is 19.2. The average molecular weight is 638 g/mol. The van der Waals surface area contributed by atoms with Gasteiger partial charge in [0.1, 0.15) is 23.8 Å². The molecule has 0 atom stereocenters. The van der Waals surface area contributed by atoms with Gasteiger partial charge in [-0.25, -0.2) is 9.18 Å². The topological polar surface area (TPSA) is 56.6 Å². The van der Waals surface area contributed by atoms with Crippen molar-refractivity contribution in [1.82, 2.24) is 14.7 Å². The molecule has 41 heavy (non-hydrogen) atoms. The molecule has 3 rings (SSSR count). The molecule has 0 aliphatic heterocycles. The highest BCUT2D eigenvalue weighted by Gasteiger charge is 2.34. The lowest BCUT2D eigenvalue weighted by molar-refractivity contribution is -0.140. The van der Waals surface area contributed by atoms with E-state index in [0.29, 0.717) is 42.8 Å². The molecule has 0 aliphatic rings. The standard InChI is InChI=1S/C30H32BrF4N3O3/c1-5-13-37(28(39)41-29(2,3)4)18-23-15-21(8-6-7-14-38-19-24(31)17-36-38)10-12-27(23)40-20-22-9-11-26(32)25(16-22)30(33,34)35/h9-12,15-17,19H,5,7,13-14,18,20H2,1-4H3. The Kier molecular flexibility index (Phi) is 10.8. The Bertz CT molecular complexity index is 1400. The molecule has 0 N–H and O–H groups in total. The van der Waals surface area contributed by atoms with Gasteiger partial charge in [-0.15, -0.1) is 0 Å². The van der Waals surface area contributed by atoms with Crippen LogP contribution in [0.15, 0.2) is 53.3 Å². The quantitative estimate of drug-likeness (QED) is 0.176. The minimum absolute atomic E-state index is 0.131. The predicted octanol–water partition coefficient (Wildman–Crippen LogP) is 7.97. The smallest absolute Gasteiger partial charge is 0.419 e. The van der Waals surface area contributed by atoms with Gasteiger partial charge in [-0.05, 0) is 79.0 Å². The number of ether oxygens (including phenoxy) is 2. The number of carbonyl (C=O) groups is 1. The summed E-state index contributed by atoms with van der Waals surface area (Å²) in [6, 6.07) is 7.93. The fourth-order valence-corrected chi connectivity index (χ4v) is 4.12. The van der Waals surface area contributed by atoms with Crippen LogP contribution in [0.4, 0.5) is 22.4 Å². The Hall–Kier alpha value is -3.52. The lowest BCUT2D eigenvalue weighted by Crippen LogP contribution is -2.37. The highest BCUT2D eigenvalue weighted by Crippen LogP contribution is 2.32. The summed E-state index contributed by atoms with van der Waals surface area (Å²) in [6.07, 6.45) is -0.555. The van der Waals surface area contributed by atoms with Gasteiger partial charge in [0.2, 0.25) is 0 Å². The first kappa shape index (κ1) is 32.0. The summed E-state index contributed by atoms with van der Waals surface area (Å²) in [5, 5.41) is 4.20. The van der Waals surface area contributed by atoms with E-state index >= 15 is 0 Å². The van der Waals surface area contributed by atoms with Crippen LogP contribution in [0, 0.1) is 17.7 Å². The van der Waals surface area contributed by atoms with Crippen LogP contribution in [0.2, 0.25) is 0 Å². The minimum atomic E-state index is -4.83. The normalized spacial score (nSPS) is 11.5. The highest BCUT2D eigenvalue weighted by atomic mass is 79.9. The third-order valence-electron chi connectivity index (χ3n) is 5.60. The van der Waals surface area contributed by atoms with Gasteiger partial charge in [0.15, 0.2) is 0 Å². The van der Waals surface area contributed by atoms with Crippen molar-refractivity contribution in [2.24, 2.45) is 0 Å². The van der Waals surface area contributed by atoms with Crippen LogP contribution in [0.1, 0.15) is 62.8 Å².